The van der Waals surface area contributed by atoms with Gasteiger partial charge in [0, 0.05) is 12.0 Å². The number of carbonyl (C=O) groups is 1. The summed E-state index contributed by atoms with van der Waals surface area (Å²) in [6.07, 6.45) is 0.677. The van der Waals surface area contributed by atoms with E-state index in [0.29, 0.717) is 12.3 Å². The van der Waals surface area contributed by atoms with Gasteiger partial charge >= 0.3 is 0 Å². The number of rotatable bonds is 0. The average Bonchev–Trinajstić information content (AvgIpc) is 2.02. The smallest absolute Gasteiger partial charge is 0.220 e. The minimum Gasteiger partial charge on any atom is -0.351 e. The van der Waals surface area contributed by atoms with Crippen molar-refractivity contribution in [3.63, 3.8) is 0 Å². The minimum atomic E-state index is -0.0324. The molecule has 2 nitrogen and oxygen atoms in total. The first-order valence-electron chi connectivity index (χ1n) is 4.54. The highest BCUT2D eigenvalue weighted by atomic mass is 16.2. The van der Waals surface area contributed by atoms with Gasteiger partial charge in [-0.2, -0.15) is 0 Å². The van der Waals surface area contributed by atoms with Crippen LogP contribution in [0.3, 0.4) is 0 Å². The first-order valence-corrected chi connectivity index (χ1v) is 4.54. The van der Waals surface area contributed by atoms with Gasteiger partial charge in [0.1, 0.15) is 0 Å². The van der Waals surface area contributed by atoms with Crippen LogP contribution in [-0.4, -0.2) is 11.4 Å². The molecule has 0 aromatic carbocycles. The quantitative estimate of drug-likeness (QED) is 0.590. The van der Waals surface area contributed by atoms with E-state index in [2.05, 4.69) is 39.9 Å². The summed E-state index contributed by atoms with van der Waals surface area (Å²) in [5, 5.41) is 3.01. The Morgan fingerprint density at radius 1 is 1.42 bits per heavy atom. The van der Waals surface area contributed by atoms with Gasteiger partial charge in [0.2, 0.25) is 5.91 Å². The Labute approximate surface area is 74.7 Å². The molecule has 1 heterocycles. The Kier molecular flexibility index (Phi) is 1.97. The zero-order chi connectivity index (χ0) is 9.57. The summed E-state index contributed by atoms with van der Waals surface area (Å²) in [5.41, 5.74) is 0.179. The molecule has 2 heteroatoms. The van der Waals surface area contributed by atoms with Crippen LogP contribution in [0, 0.1) is 11.3 Å². The number of hydrogen-bond acceptors (Lipinski definition) is 1. The number of nitrogens with one attached hydrogen (secondary N) is 1. The maximum Gasteiger partial charge on any atom is 0.220 e. The zero-order valence-corrected chi connectivity index (χ0v) is 8.69. The molecular formula is C10H19NO. The molecule has 1 rings (SSSR count). The fourth-order valence-corrected chi connectivity index (χ4v) is 2.33. The highest BCUT2D eigenvalue weighted by Gasteiger charge is 2.44. The minimum absolute atomic E-state index is 0.0324. The van der Waals surface area contributed by atoms with E-state index in [1.54, 1.807) is 0 Å². The number of amides is 1. The lowest BCUT2D eigenvalue weighted by molar-refractivity contribution is -0.119. The third-order valence-corrected chi connectivity index (χ3v) is 2.77. The number of carbonyl (C=O) groups excluding carboxylic acids is 1. The topological polar surface area (TPSA) is 29.1 Å². The van der Waals surface area contributed by atoms with Crippen LogP contribution in [-0.2, 0) is 4.79 Å². The standard InChI is InChI=1S/C10H19NO/c1-9(2,3)7-6-8(12)11-10(7,4)5/h7H,6H2,1-5H3,(H,11,12). The van der Waals surface area contributed by atoms with E-state index < -0.39 is 0 Å². The van der Waals surface area contributed by atoms with Gasteiger partial charge in [-0.05, 0) is 25.2 Å². The molecule has 1 fully saturated rings. The molecule has 1 aliphatic rings. The normalized spacial score (nSPS) is 28.8. The van der Waals surface area contributed by atoms with E-state index in [4.69, 9.17) is 0 Å². The Bertz CT molecular complexity index is 200. The maximum atomic E-state index is 11.2. The first kappa shape index (κ1) is 9.56. The predicted octanol–water partition coefficient (Wildman–Crippen LogP) is 1.95. The Balaban J connectivity index is 2.86. The molecule has 1 saturated heterocycles. The van der Waals surface area contributed by atoms with Crippen molar-refractivity contribution in [3.05, 3.63) is 0 Å². The molecule has 1 atom stereocenters. The van der Waals surface area contributed by atoms with E-state index in [1.807, 2.05) is 0 Å². The van der Waals surface area contributed by atoms with Crippen LogP contribution in [0.2, 0.25) is 0 Å². The van der Waals surface area contributed by atoms with Gasteiger partial charge < -0.3 is 5.32 Å². The summed E-state index contributed by atoms with van der Waals surface area (Å²) in [6.45, 7) is 10.8. The molecule has 1 amide bonds. The van der Waals surface area contributed by atoms with E-state index >= 15 is 0 Å². The summed E-state index contributed by atoms with van der Waals surface area (Å²) >= 11 is 0. The SMILES string of the molecule is CC(C)(C)C1CC(=O)NC1(C)C. The summed E-state index contributed by atoms with van der Waals surface area (Å²) in [4.78, 5) is 11.2. The third-order valence-electron chi connectivity index (χ3n) is 2.77. The molecule has 0 radical (unpaired) electrons. The van der Waals surface area contributed by atoms with Crippen molar-refractivity contribution < 1.29 is 4.79 Å². The van der Waals surface area contributed by atoms with Crippen LogP contribution in [0.25, 0.3) is 0 Å². The van der Waals surface area contributed by atoms with Gasteiger partial charge in [-0.3, -0.25) is 4.79 Å². The second-order valence-electron chi connectivity index (χ2n) is 5.39. The molecule has 1 N–H and O–H groups in total. The molecule has 0 aliphatic carbocycles. The van der Waals surface area contributed by atoms with Crippen molar-refractivity contribution in [2.75, 3.05) is 0 Å². The van der Waals surface area contributed by atoms with Gasteiger partial charge in [-0.15, -0.1) is 0 Å². The lowest BCUT2D eigenvalue weighted by atomic mass is 9.71. The van der Waals surface area contributed by atoms with Crippen LogP contribution in [0.4, 0.5) is 0 Å². The molecule has 12 heavy (non-hydrogen) atoms. The van der Waals surface area contributed by atoms with Crippen LogP contribution in [0.5, 0.6) is 0 Å². The fourth-order valence-electron chi connectivity index (χ4n) is 2.33. The Hall–Kier alpha value is -0.530. The number of hydrogen-bond donors (Lipinski definition) is 1. The first-order chi connectivity index (χ1) is 5.23. The van der Waals surface area contributed by atoms with Crippen molar-refractivity contribution >= 4 is 5.91 Å². The second-order valence-corrected chi connectivity index (χ2v) is 5.39. The lowest BCUT2D eigenvalue weighted by Gasteiger charge is -2.36. The van der Waals surface area contributed by atoms with Crippen molar-refractivity contribution in [1.82, 2.24) is 5.32 Å². The van der Waals surface area contributed by atoms with Gasteiger partial charge in [-0.1, -0.05) is 20.8 Å². The summed E-state index contributed by atoms with van der Waals surface area (Å²) in [5.74, 6) is 0.637. The Morgan fingerprint density at radius 3 is 2.08 bits per heavy atom. The van der Waals surface area contributed by atoms with E-state index in [1.165, 1.54) is 0 Å². The lowest BCUT2D eigenvalue weighted by Crippen LogP contribution is -2.44. The van der Waals surface area contributed by atoms with Gasteiger partial charge in [0.15, 0.2) is 0 Å². The van der Waals surface area contributed by atoms with Crippen LogP contribution in [0.1, 0.15) is 41.0 Å². The zero-order valence-electron chi connectivity index (χ0n) is 8.69. The van der Waals surface area contributed by atoms with Crippen LogP contribution >= 0.6 is 0 Å². The van der Waals surface area contributed by atoms with E-state index in [9.17, 15) is 4.79 Å². The summed E-state index contributed by atoms with van der Waals surface area (Å²) in [6, 6.07) is 0. The average molecular weight is 169 g/mol. The highest BCUT2D eigenvalue weighted by Crippen LogP contribution is 2.40. The molecule has 0 aromatic heterocycles. The molecule has 0 bridgehead atoms. The van der Waals surface area contributed by atoms with Crippen LogP contribution in [0.15, 0.2) is 0 Å². The third kappa shape index (κ3) is 1.62. The van der Waals surface area contributed by atoms with Gasteiger partial charge in [-0.25, -0.2) is 0 Å². The van der Waals surface area contributed by atoms with Crippen molar-refractivity contribution in [2.45, 2.75) is 46.6 Å². The largest absolute Gasteiger partial charge is 0.351 e. The second kappa shape index (κ2) is 2.48. The Morgan fingerprint density at radius 2 is 1.92 bits per heavy atom. The van der Waals surface area contributed by atoms with E-state index in [-0.39, 0.29) is 16.9 Å². The van der Waals surface area contributed by atoms with Crippen LogP contribution < -0.4 is 5.32 Å². The highest BCUT2D eigenvalue weighted by molar-refractivity contribution is 5.80. The summed E-state index contributed by atoms with van der Waals surface area (Å²) < 4.78 is 0. The van der Waals surface area contributed by atoms with Gasteiger partial charge in [0.05, 0.1) is 0 Å². The molecular weight excluding hydrogens is 150 g/mol. The maximum absolute atomic E-state index is 11.2. The summed E-state index contributed by atoms with van der Waals surface area (Å²) in [7, 11) is 0. The van der Waals surface area contributed by atoms with Gasteiger partial charge in [0.25, 0.3) is 0 Å². The molecule has 70 valence electrons. The van der Waals surface area contributed by atoms with Crippen molar-refractivity contribution in [3.8, 4) is 0 Å². The monoisotopic (exact) mass is 169 g/mol. The predicted molar refractivity (Wildman–Crippen MR) is 49.8 cm³/mol. The molecule has 1 unspecified atom stereocenters. The molecule has 1 aliphatic heterocycles. The molecule has 0 spiro atoms. The van der Waals surface area contributed by atoms with E-state index in [0.717, 1.165) is 0 Å². The van der Waals surface area contributed by atoms with Crippen molar-refractivity contribution in [1.29, 1.82) is 0 Å². The van der Waals surface area contributed by atoms with Crippen molar-refractivity contribution in [2.24, 2.45) is 11.3 Å². The molecule has 0 saturated carbocycles. The fraction of sp³-hybridized carbons (Fsp3) is 0.900. The molecule has 0 aromatic rings.